The molecular weight excluding hydrogens is 240 g/mol. The Kier molecular flexibility index (Phi) is 4.60. The van der Waals surface area contributed by atoms with Crippen LogP contribution in [0.3, 0.4) is 0 Å². The number of aromatic nitrogens is 2. The van der Waals surface area contributed by atoms with Crippen LogP contribution in [0.4, 0.5) is 0 Å². The van der Waals surface area contributed by atoms with Crippen LogP contribution in [0.1, 0.15) is 33.5 Å². The molecule has 5 nitrogen and oxygen atoms in total. The average molecular weight is 266 g/mol. The van der Waals surface area contributed by atoms with Gasteiger partial charge in [-0.25, -0.2) is 4.98 Å². The zero-order chi connectivity index (χ0) is 13.9. The van der Waals surface area contributed by atoms with Gasteiger partial charge in [0.15, 0.2) is 0 Å². The Hall–Kier alpha value is -0.910. The van der Waals surface area contributed by atoms with Gasteiger partial charge >= 0.3 is 0 Å². The summed E-state index contributed by atoms with van der Waals surface area (Å²) in [4.78, 5) is 9.85. The number of morpholine rings is 1. The Morgan fingerprint density at radius 1 is 1.42 bits per heavy atom. The van der Waals surface area contributed by atoms with Gasteiger partial charge in [0.2, 0.25) is 0 Å². The van der Waals surface area contributed by atoms with Crippen molar-refractivity contribution in [2.75, 3.05) is 19.6 Å². The van der Waals surface area contributed by atoms with Crippen molar-refractivity contribution >= 4 is 0 Å². The second-order valence-electron chi connectivity index (χ2n) is 6.11. The highest BCUT2D eigenvalue weighted by Gasteiger charge is 2.32. The van der Waals surface area contributed by atoms with E-state index in [9.17, 15) is 0 Å². The van der Waals surface area contributed by atoms with Gasteiger partial charge in [0.1, 0.15) is 5.82 Å². The fourth-order valence-corrected chi connectivity index (χ4v) is 2.67. The maximum Gasteiger partial charge on any atom is 0.120 e. The van der Waals surface area contributed by atoms with Crippen molar-refractivity contribution in [1.29, 1.82) is 0 Å². The number of nitrogens with one attached hydrogen (secondary N) is 2. The normalized spacial score (nSPS) is 25.7. The lowest BCUT2D eigenvalue weighted by molar-refractivity contribution is -0.0952. The molecular formula is C14H26N4O. The van der Waals surface area contributed by atoms with Crippen LogP contribution in [-0.4, -0.2) is 52.2 Å². The van der Waals surface area contributed by atoms with Gasteiger partial charge in [-0.1, -0.05) is 0 Å². The molecule has 0 amide bonds. The van der Waals surface area contributed by atoms with Crippen molar-refractivity contribution in [3.8, 4) is 0 Å². The molecule has 0 saturated carbocycles. The molecule has 5 heteroatoms. The van der Waals surface area contributed by atoms with Crippen molar-refractivity contribution in [3.63, 3.8) is 0 Å². The fourth-order valence-electron chi connectivity index (χ4n) is 2.67. The first-order valence-electron chi connectivity index (χ1n) is 7.07. The summed E-state index contributed by atoms with van der Waals surface area (Å²) in [6.07, 6.45) is 4.27. The van der Waals surface area contributed by atoms with Gasteiger partial charge in [-0.2, -0.15) is 0 Å². The number of hydrogen-bond donors (Lipinski definition) is 2. The van der Waals surface area contributed by atoms with Crippen molar-refractivity contribution in [2.24, 2.45) is 0 Å². The third-order valence-corrected chi connectivity index (χ3v) is 3.68. The molecule has 0 spiro atoms. The summed E-state index contributed by atoms with van der Waals surface area (Å²) >= 11 is 0. The summed E-state index contributed by atoms with van der Waals surface area (Å²) in [5.41, 5.74) is 0.124. The predicted molar refractivity (Wildman–Crippen MR) is 76.0 cm³/mol. The van der Waals surface area contributed by atoms with Gasteiger partial charge in [0.05, 0.1) is 18.8 Å². The van der Waals surface area contributed by atoms with Crippen molar-refractivity contribution in [3.05, 3.63) is 18.2 Å². The zero-order valence-electron chi connectivity index (χ0n) is 12.4. The van der Waals surface area contributed by atoms with E-state index < -0.39 is 0 Å². The van der Waals surface area contributed by atoms with E-state index in [0.29, 0.717) is 12.2 Å². The van der Waals surface area contributed by atoms with E-state index in [2.05, 4.69) is 47.9 Å². The van der Waals surface area contributed by atoms with Crippen molar-refractivity contribution < 1.29 is 4.74 Å². The standard InChI is InChI=1S/C14H26N4O/c1-11-8-18(9-12(2)19-11)14(3,4)10-15-7-13-16-5-6-17-13/h5-6,11-12,15H,7-10H2,1-4H3,(H,16,17). The van der Waals surface area contributed by atoms with E-state index in [1.165, 1.54) is 0 Å². The first-order valence-corrected chi connectivity index (χ1v) is 7.07. The van der Waals surface area contributed by atoms with Crippen LogP contribution in [0, 0.1) is 0 Å². The molecule has 1 saturated heterocycles. The molecule has 2 unspecified atom stereocenters. The van der Waals surface area contributed by atoms with E-state index in [1.807, 2.05) is 6.20 Å². The van der Waals surface area contributed by atoms with Crippen LogP contribution in [0.15, 0.2) is 12.4 Å². The summed E-state index contributed by atoms with van der Waals surface area (Å²) in [6, 6.07) is 0. The average Bonchev–Trinajstić information content (AvgIpc) is 2.80. The first-order chi connectivity index (χ1) is 8.97. The number of aromatic amines is 1. The smallest absolute Gasteiger partial charge is 0.120 e. The minimum atomic E-state index is 0.124. The van der Waals surface area contributed by atoms with Crippen LogP contribution in [0.25, 0.3) is 0 Å². The largest absolute Gasteiger partial charge is 0.373 e. The molecule has 19 heavy (non-hydrogen) atoms. The summed E-state index contributed by atoms with van der Waals surface area (Å²) in [7, 11) is 0. The molecule has 1 aromatic rings. The highest BCUT2D eigenvalue weighted by molar-refractivity contribution is 4.91. The second kappa shape index (κ2) is 6.03. The lowest BCUT2D eigenvalue weighted by atomic mass is 10.00. The first kappa shape index (κ1) is 14.5. The molecule has 2 atom stereocenters. The van der Waals surface area contributed by atoms with Crippen LogP contribution in [0.2, 0.25) is 0 Å². The van der Waals surface area contributed by atoms with Crippen LogP contribution in [0.5, 0.6) is 0 Å². The van der Waals surface area contributed by atoms with Crippen LogP contribution >= 0.6 is 0 Å². The third-order valence-electron chi connectivity index (χ3n) is 3.68. The van der Waals surface area contributed by atoms with Gasteiger partial charge in [-0.15, -0.1) is 0 Å². The highest BCUT2D eigenvalue weighted by atomic mass is 16.5. The predicted octanol–water partition coefficient (Wildman–Crippen LogP) is 1.39. The Morgan fingerprint density at radius 3 is 2.68 bits per heavy atom. The molecule has 1 aromatic heterocycles. The minimum Gasteiger partial charge on any atom is -0.373 e. The molecule has 0 radical (unpaired) electrons. The molecule has 0 aromatic carbocycles. The second-order valence-corrected chi connectivity index (χ2v) is 6.11. The van der Waals surface area contributed by atoms with Gasteiger partial charge in [-0.05, 0) is 27.7 Å². The number of H-pyrrole nitrogens is 1. The monoisotopic (exact) mass is 266 g/mol. The van der Waals surface area contributed by atoms with E-state index in [0.717, 1.165) is 32.0 Å². The maximum atomic E-state index is 5.80. The molecule has 1 aliphatic rings. The fraction of sp³-hybridized carbons (Fsp3) is 0.786. The number of hydrogen-bond acceptors (Lipinski definition) is 4. The number of imidazole rings is 1. The summed E-state index contributed by atoms with van der Waals surface area (Å²) in [5.74, 6) is 0.986. The van der Waals surface area contributed by atoms with Crippen molar-refractivity contribution in [1.82, 2.24) is 20.2 Å². The number of rotatable bonds is 5. The zero-order valence-corrected chi connectivity index (χ0v) is 12.4. The lowest BCUT2D eigenvalue weighted by Gasteiger charge is -2.45. The molecule has 2 rings (SSSR count). The molecule has 0 bridgehead atoms. The Balaban J connectivity index is 1.83. The molecule has 1 aliphatic heterocycles. The molecule has 0 aliphatic carbocycles. The maximum absolute atomic E-state index is 5.80. The minimum absolute atomic E-state index is 0.124. The van der Waals surface area contributed by atoms with E-state index in [1.54, 1.807) is 6.20 Å². The summed E-state index contributed by atoms with van der Waals surface area (Å²) in [5, 5.41) is 3.48. The number of ether oxygens (including phenoxy) is 1. The Morgan fingerprint density at radius 2 is 2.11 bits per heavy atom. The summed E-state index contributed by atoms with van der Waals surface area (Å²) in [6.45, 7) is 12.6. The quantitative estimate of drug-likeness (QED) is 0.845. The summed E-state index contributed by atoms with van der Waals surface area (Å²) < 4.78 is 5.80. The SMILES string of the molecule is CC1CN(C(C)(C)CNCc2ncc[nH]2)CC(C)O1. The van der Waals surface area contributed by atoms with Crippen LogP contribution in [-0.2, 0) is 11.3 Å². The third kappa shape index (κ3) is 4.03. The number of nitrogens with zero attached hydrogens (tertiary/aromatic N) is 2. The van der Waals surface area contributed by atoms with Crippen molar-refractivity contribution in [2.45, 2.75) is 52.0 Å². The molecule has 1 fully saturated rings. The van der Waals surface area contributed by atoms with Crippen LogP contribution < -0.4 is 5.32 Å². The Labute approximate surface area is 115 Å². The highest BCUT2D eigenvalue weighted by Crippen LogP contribution is 2.20. The van der Waals surface area contributed by atoms with E-state index in [4.69, 9.17) is 4.74 Å². The van der Waals surface area contributed by atoms with Gasteiger partial charge in [-0.3, -0.25) is 4.90 Å². The van der Waals surface area contributed by atoms with Gasteiger partial charge in [0.25, 0.3) is 0 Å². The lowest BCUT2D eigenvalue weighted by Crippen LogP contribution is -2.58. The van der Waals surface area contributed by atoms with Gasteiger partial charge < -0.3 is 15.0 Å². The van der Waals surface area contributed by atoms with E-state index >= 15 is 0 Å². The Bertz CT molecular complexity index is 367. The topological polar surface area (TPSA) is 53.2 Å². The molecule has 108 valence electrons. The molecule has 2 heterocycles. The molecule has 2 N–H and O–H groups in total. The van der Waals surface area contributed by atoms with Gasteiger partial charge in [0, 0.05) is 37.6 Å². The van der Waals surface area contributed by atoms with E-state index in [-0.39, 0.29) is 5.54 Å².